The summed E-state index contributed by atoms with van der Waals surface area (Å²) in [7, 11) is -2.98. The molecule has 1 rings (SSSR count). The zero-order valence-corrected chi connectivity index (χ0v) is 9.75. The number of ether oxygens (including phenoxy) is 1. The van der Waals surface area contributed by atoms with Crippen molar-refractivity contribution in [3.05, 3.63) is 24.0 Å². The molecule has 0 heterocycles. The van der Waals surface area contributed by atoms with Crippen LogP contribution in [-0.2, 0) is 19.6 Å². The second-order valence-corrected chi connectivity index (χ2v) is 4.86. The SMILES string of the molecule is COC(=O)CS(=O)(=O)Nc1c(N)cccc1F. The average Bonchev–Trinajstić information content (AvgIpc) is 2.23. The van der Waals surface area contributed by atoms with Gasteiger partial charge in [0.05, 0.1) is 12.8 Å². The van der Waals surface area contributed by atoms with Gasteiger partial charge >= 0.3 is 5.97 Å². The Bertz CT molecular complexity index is 510. The molecule has 94 valence electrons. The third-order valence-corrected chi connectivity index (χ3v) is 2.97. The van der Waals surface area contributed by atoms with Gasteiger partial charge in [0.2, 0.25) is 10.0 Å². The molecule has 0 fully saturated rings. The van der Waals surface area contributed by atoms with Crippen LogP contribution in [-0.4, -0.2) is 27.2 Å². The minimum absolute atomic E-state index is 0.0709. The Hall–Kier alpha value is -1.83. The molecule has 0 aliphatic carbocycles. The van der Waals surface area contributed by atoms with Crippen LogP contribution in [0.25, 0.3) is 0 Å². The molecular formula is C9H11FN2O4S. The van der Waals surface area contributed by atoms with Crippen molar-refractivity contribution in [3.63, 3.8) is 0 Å². The van der Waals surface area contributed by atoms with Gasteiger partial charge in [0.25, 0.3) is 0 Å². The summed E-state index contributed by atoms with van der Waals surface area (Å²) < 4.78 is 42.2. The smallest absolute Gasteiger partial charge is 0.322 e. The predicted octanol–water partition coefficient (Wildman–Crippen LogP) is 0.323. The fraction of sp³-hybridized carbons (Fsp3) is 0.222. The Morgan fingerprint density at radius 2 is 2.18 bits per heavy atom. The van der Waals surface area contributed by atoms with Crippen LogP contribution in [0.15, 0.2) is 18.2 Å². The highest BCUT2D eigenvalue weighted by molar-refractivity contribution is 7.93. The molecule has 0 aliphatic rings. The first kappa shape index (κ1) is 13.2. The number of anilines is 2. The maximum Gasteiger partial charge on any atom is 0.322 e. The Morgan fingerprint density at radius 3 is 2.71 bits per heavy atom. The van der Waals surface area contributed by atoms with Crippen LogP contribution in [0.1, 0.15) is 0 Å². The van der Waals surface area contributed by atoms with Crippen molar-refractivity contribution in [2.24, 2.45) is 0 Å². The molecular weight excluding hydrogens is 251 g/mol. The zero-order valence-electron chi connectivity index (χ0n) is 8.94. The van der Waals surface area contributed by atoms with Gasteiger partial charge in [-0.25, -0.2) is 12.8 Å². The van der Waals surface area contributed by atoms with Crippen molar-refractivity contribution < 1.29 is 22.3 Å². The normalized spacial score (nSPS) is 10.9. The lowest BCUT2D eigenvalue weighted by atomic mass is 10.3. The fourth-order valence-corrected chi connectivity index (χ4v) is 2.08. The van der Waals surface area contributed by atoms with E-state index >= 15 is 0 Å². The number of methoxy groups -OCH3 is 1. The number of hydrogen-bond donors (Lipinski definition) is 2. The number of benzene rings is 1. The number of carbonyl (C=O) groups is 1. The molecule has 0 atom stereocenters. The number of nitrogens with two attached hydrogens (primary N) is 1. The standard InChI is InChI=1S/C9H11FN2O4S/c1-16-8(13)5-17(14,15)12-9-6(10)3-2-4-7(9)11/h2-4,12H,5,11H2,1H3. The van der Waals surface area contributed by atoms with E-state index in [9.17, 15) is 17.6 Å². The van der Waals surface area contributed by atoms with Crippen LogP contribution in [0.5, 0.6) is 0 Å². The zero-order chi connectivity index (χ0) is 13.1. The predicted molar refractivity (Wildman–Crippen MR) is 60.2 cm³/mol. The fourth-order valence-electron chi connectivity index (χ4n) is 1.05. The second-order valence-electron chi connectivity index (χ2n) is 3.14. The molecule has 17 heavy (non-hydrogen) atoms. The third kappa shape index (κ3) is 3.59. The van der Waals surface area contributed by atoms with Crippen LogP contribution in [0.3, 0.4) is 0 Å². The van der Waals surface area contributed by atoms with Gasteiger partial charge in [0, 0.05) is 0 Å². The number of nitrogens with one attached hydrogen (secondary N) is 1. The van der Waals surface area contributed by atoms with Gasteiger partial charge in [-0.15, -0.1) is 0 Å². The molecule has 3 N–H and O–H groups in total. The average molecular weight is 262 g/mol. The van der Waals surface area contributed by atoms with E-state index in [0.29, 0.717) is 0 Å². The highest BCUT2D eigenvalue weighted by Gasteiger charge is 2.19. The van der Waals surface area contributed by atoms with Crippen molar-refractivity contribution in [2.75, 3.05) is 23.3 Å². The number of carbonyl (C=O) groups excluding carboxylic acids is 1. The lowest BCUT2D eigenvalue weighted by Gasteiger charge is -2.10. The van der Waals surface area contributed by atoms with E-state index in [1.807, 2.05) is 4.72 Å². The van der Waals surface area contributed by atoms with E-state index in [1.165, 1.54) is 12.1 Å². The van der Waals surface area contributed by atoms with Crippen molar-refractivity contribution in [3.8, 4) is 0 Å². The van der Waals surface area contributed by atoms with Gasteiger partial charge in [0.15, 0.2) is 5.75 Å². The summed E-state index contributed by atoms with van der Waals surface area (Å²) in [4.78, 5) is 10.8. The lowest BCUT2D eigenvalue weighted by molar-refractivity contribution is -0.137. The van der Waals surface area contributed by atoms with E-state index < -0.39 is 27.6 Å². The van der Waals surface area contributed by atoms with Gasteiger partial charge in [0.1, 0.15) is 11.5 Å². The van der Waals surface area contributed by atoms with Gasteiger partial charge in [-0.1, -0.05) is 6.07 Å². The monoisotopic (exact) mass is 262 g/mol. The van der Waals surface area contributed by atoms with Crippen LogP contribution in [0.4, 0.5) is 15.8 Å². The van der Waals surface area contributed by atoms with Crippen LogP contribution < -0.4 is 10.5 Å². The van der Waals surface area contributed by atoms with Crippen molar-refractivity contribution in [2.45, 2.75) is 0 Å². The molecule has 0 saturated carbocycles. The van der Waals surface area contributed by atoms with Gasteiger partial charge in [-0.2, -0.15) is 0 Å². The molecule has 0 saturated heterocycles. The Balaban J connectivity index is 2.95. The van der Waals surface area contributed by atoms with E-state index in [4.69, 9.17) is 5.73 Å². The highest BCUT2D eigenvalue weighted by Crippen LogP contribution is 2.22. The van der Waals surface area contributed by atoms with Crippen molar-refractivity contribution in [1.82, 2.24) is 0 Å². The van der Waals surface area contributed by atoms with Crippen molar-refractivity contribution >= 4 is 27.4 Å². The van der Waals surface area contributed by atoms with Crippen LogP contribution in [0.2, 0.25) is 0 Å². The topological polar surface area (TPSA) is 98.5 Å². The molecule has 8 heteroatoms. The summed E-state index contributed by atoms with van der Waals surface area (Å²) in [5.74, 6) is -2.68. The number of rotatable bonds is 4. The molecule has 6 nitrogen and oxygen atoms in total. The molecule has 1 aromatic rings. The van der Waals surface area contributed by atoms with E-state index in [0.717, 1.165) is 13.2 Å². The Morgan fingerprint density at radius 1 is 1.53 bits per heavy atom. The first-order valence-corrected chi connectivity index (χ1v) is 6.12. The summed E-state index contributed by atoms with van der Waals surface area (Å²) in [5, 5.41) is 0. The highest BCUT2D eigenvalue weighted by atomic mass is 32.2. The van der Waals surface area contributed by atoms with E-state index in [2.05, 4.69) is 4.74 Å². The second kappa shape index (κ2) is 5.00. The molecule has 0 amide bonds. The van der Waals surface area contributed by atoms with Crippen LogP contribution >= 0.6 is 0 Å². The minimum atomic E-state index is -4.04. The summed E-state index contributed by atoms with van der Waals surface area (Å²) in [5.41, 5.74) is 4.96. The van der Waals surface area contributed by atoms with Crippen molar-refractivity contribution in [1.29, 1.82) is 0 Å². The molecule has 0 aliphatic heterocycles. The summed E-state index contributed by atoms with van der Waals surface area (Å²) >= 11 is 0. The number of halogens is 1. The number of para-hydroxylation sites is 1. The first-order chi connectivity index (χ1) is 7.85. The Kier molecular flexibility index (Phi) is 3.89. The molecule has 0 bridgehead atoms. The van der Waals surface area contributed by atoms with Gasteiger partial charge in [-0.3, -0.25) is 9.52 Å². The third-order valence-electron chi connectivity index (χ3n) is 1.84. The summed E-state index contributed by atoms with van der Waals surface area (Å²) in [6, 6.07) is 3.72. The molecule has 0 spiro atoms. The number of nitrogen functional groups attached to an aromatic ring is 1. The first-order valence-electron chi connectivity index (χ1n) is 4.47. The van der Waals surface area contributed by atoms with Gasteiger partial charge < -0.3 is 10.5 Å². The quantitative estimate of drug-likeness (QED) is 0.601. The van der Waals surface area contributed by atoms with Crippen LogP contribution in [0, 0.1) is 5.82 Å². The maximum atomic E-state index is 13.3. The summed E-state index contributed by atoms with van der Waals surface area (Å²) in [6.07, 6.45) is 0. The molecule has 0 radical (unpaired) electrons. The molecule has 0 aromatic heterocycles. The van der Waals surface area contributed by atoms with E-state index in [1.54, 1.807) is 0 Å². The molecule has 1 aromatic carbocycles. The largest absolute Gasteiger partial charge is 0.468 e. The molecule has 0 unspecified atom stereocenters. The lowest BCUT2D eigenvalue weighted by Crippen LogP contribution is -2.24. The number of sulfonamides is 1. The van der Waals surface area contributed by atoms with Gasteiger partial charge in [-0.05, 0) is 12.1 Å². The minimum Gasteiger partial charge on any atom is -0.468 e. The Labute approximate surface area is 97.6 Å². The maximum absolute atomic E-state index is 13.3. The number of hydrogen-bond acceptors (Lipinski definition) is 5. The van der Waals surface area contributed by atoms with E-state index in [-0.39, 0.29) is 11.4 Å². The number of esters is 1. The summed E-state index contributed by atoms with van der Waals surface area (Å²) in [6.45, 7) is 0.